The maximum Gasteiger partial charge on any atom is 0.416 e. The molecule has 0 saturated carbocycles. The van der Waals surface area contributed by atoms with E-state index in [9.17, 15) is 4.79 Å². The van der Waals surface area contributed by atoms with E-state index in [1.54, 1.807) is 12.0 Å². The highest BCUT2D eigenvalue weighted by Crippen LogP contribution is 2.40. The van der Waals surface area contributed by atoms with Crippen molar-refractivity contribution >= 4 is 28.6 Å². The zero-order valence-corrected chi connectivity index (χ0v) is 18.6. The number of aromatic nitrogens is 1. The van der Waals surface area contributed by atoms with Gasteiger partial charge in [0, 0.05) is 28.2 Å². The van der Waals surface area contributed by atoms with Gasteiger partial charge in [-0.15, -0.1) is 0 Å². The SMILES string of the molecule is COc1ccc(C2c3[nH]c4ccc(Cl)cc4c3CCN2C(=O)Oc2ccccc2C)cc1. The Labute approximate surface area is 191 Å². The number of hydrogen-bond acceptors (Lipinski definition) is 3. The summed E-state index contributed by atoms with van der Waals surface area (Å²) >= 11 is 6.28. The van der Waals surface area contributed by atoms with E-state index in [0.717, 1.165) is 33.5 Å². The number of halogens is 1. The number of amides is 1. The van der Waals surface area contributed by atoms with Crippen molar-refractivity contribution in [1.29, 1.82) is 0 Å². The molecule has 6 heteroatoms. The van der Waals surface area contributed by atoms with Gasteiger partial charge < -0.3 is 14.5 Å². The molecule has 0 saturated heterocycles. The first-order valence-electron chi connectivity index (χ1n) is 10.5. The number of para-hydroxylation sites is 1. The standard InChI is InChI=1S/C26H23ClN2O3/c1-16-5-3-4-6-23(16)32-26(30)29-14-13-20-21-15-18(27)9-12-22(21)28-24(20)25(29)17-7-10-19(31-2)11-8-17/h3-12,15,25,28H,13-14H2,1-2H3. The minimum absolute atomic E-state index is 0.313. The van der Waals surface area contributed by atoms with Gasteiger partial charge >= 0.3 is 6.09 Å². The van der Waals surface area contributed by atoms with Crippen LogP contribution in [0, 0.1) is 6.92 Å². The third-order valence-corrected chi connectivity index (χ3v) is 6.28. The van der Waals surface area contributed by atoms with E-state index in [1.165, 1.54) is 5.56 Å². The van der Waals surface area contributed by atoms with Gasteiger partial charge in [0.05, 0.1) is 7.11 Å². The molecule has 1 atom stereocenters. The maximum absolute atomic E-state index is 13.3. The Morgan fingerprint density at radius 3 is 2.62 bits per heavy atom. The number of fused-ring (bicyclic) bond motifs is 3. The zero-order chi connectivity index (χ0) is 22.2. The molecule has 1 N–H and O–H groups in total. The molecular formula is C26H23ClN2O3. The lowest BCUT2D eigenvalue weighted by Gasteiger charge is -2.35. The van der Waals surface area contributed by atoms with Crippen molar-refractivity contribution < 1.29 is 14.3 Å². The predicted molar refractivity (Wildman–Crippen MR) is 126 cm³/mol. The largest absolute Gasteiger partial charge is 0.497 e. The molecule has 1 amide bonds. The molecule has 3 aromatic carbocycles. The van der Waals surface area contributed by atoms with Crippen LogP contribution in [-0.4, -0.2) is 29.6 Å². The van der Waals surface area contributed by atoms with Crippen molar-refractivity contribution in [3.05, 3.63) is 94.1 Å². The fourth-order valence-corrected chi connectivity index (χ4v) is 4.59. The van der Waals surface area contributed by atoms with E-state index >= 15 is 0 Å². The summed E-state index contributed by atoms with van der Waals surface area (Å²) in [5.74, 6) is 1.34. The minimum atomic E-state index is -0.373. The first-order chi connectivity index (χ1) is 15.5. The van der Waals surface area contributed by atoms with Gasteiger partial charge in [0.15, 0.2) is 0 Å². The Kier molecular flexibility index (Phi) is 5.27. The number of carbonyl (C=O) groups is 1. The minimum Gasteiger partial charge on any atom is -0.497 e. The second kappa shape index (κ2) is 8.24. The molecule has 5 rings (SSSR count). The molecule has 4 aromatic rings. The van der Waals surface area contributed by atoms with E-state index in [1.807, 2.05) is 73.7 Å². The maximum atomic E-state index is 13.3. The molecule has 0 bridgehead atoms. The predicted octanol–water partition coefficient (Wildman–Crippen LogP) is 6.28. The number of carbonyl (C=O) groups excluding carboxylic acids is 1. The second-order valence-electron chi connectivity index (χ2n) is 7.96. The number of nitrogens with one attached hydrogen (secondary N) is 1. The van der Waals surface area contributed by atoms with Gasteiger partial charge in [0.2, 0.25) is 0 Å². The number of aryl methyl sites for hydroxylation is 1. The van der Waals surface area contributed by atoms with Gasteiger partial charge in [0.1, 0.15) is 17.5 Å². The molecule has 0 fully saturated rings. The molecule has 0 radical (unpaired) electrons. The fourth-order valence-electron chi connectivity index (χ4n) is 4.41. The van der Waals surface area contributed by atoms with Crippen LogP contribution in [0.25, 0.3) is 10.9 Å². The Bertz CT molecular complexity index is 1300. The highest BCUT2D eigenvalue weighted by atomic mass is 35.5. The van der Waals surface area contributed by atoms with Crippen LogP contribution in [0.2, 0.25) is 5.02 Å². The highest BCUT2D eigenvalue weighted by molar-refractivity contribution is 6.31. The summed E-state index contributed by atoms with van der Waals surface area (Å²) in [6, 6.07) is 20.9. The van der Waals surface area contributed by atoms with Crippen molar-refractivity contribution in [3.63, 3.8) is 0 Å². The van der Waals surface area contributed by atoms with Gasteiger partial charge in [-0.25, -0.2) is 4.79 Å². The molecule has 1 aliphatic rings. The first kappa shape index (κ1) is 20.5. The monoisotopic (exact) mass is 446 g/mol. The van der Waals surface area contributed by atoms with Crippen LogP contribution in [0.4, 0.5) is 4.79 Å². The first-order valence-corrected chi connectivity index (χ1v) is 10.9. The molecule has 162 valence electrons. The molecule has 1 aromatic heterocycles. The lowest BCUT2D eigenvalue weighted by atomic mass is 9.92. The molecule has 32 heavy (non-hydrogen) atoms. The molecule has 1 aliphatic heterocycles. The second-order valence-corrected chi connectivity index (χ2v) is 8.40. The lowest BCUT2D eigenvalue weighted by Crippen LogP contribution is -2.42. The van der Waals surface area contributed by atoms with E-state index < -0.39 is 0 Å². The Morgan fingerprint density at radius 1 is 1.09 bits per heavy atom. The number of H-pyrrole nitrogens is 1. The highest BCUT2D eigenvalue weighted by Gasteiger charge is 2.35. The van der Waals surface area contributed by atoms with E-state index in [0.29, 0.717) is 23.7 Å². The quantitative estimate of drug-likeness (QED) is 0.402. The normalized spacial score (nSPS) is 15.5. The van der Waals surface area contributed by atoms with Gasteiger partial charge in [-0.3, -0.25) is 4.90 Å². The van der Waals surface area contributed by atoms with Crippen molar-refractivity contribution in [2.75, 3.05) is 13.7 Å². The van der Waals surface area contributed by atoms with Crippen LogP contribution in [0.1, 0.15) is 28.4 Å². The fraction of sp³-hybridized carbons (Fsp3) is 0.192. The summed E-state index contributed by atoms with van der Waals surface area (Å²) in [5.41, 5.74) is 5.07. The molecular weight excluding hydrogens is 424 g/mol. The molecule has 1 unspecified atom stereocenters. The Morgan fingerprint density at radius 2 is 1.88 bits per heavy atom. The topological polar surface area (TPSA) is 54.6 Å². The van der Waals surface area contributed by atoms with Gasteiger partial charge in [-0.05, 0) is 66.4 Å². The summed E-state index contributed by atoms with van der Waals surface area (Å²) in [4.78, 5) is 18.7. The van der Waals surface area contributed by atoms with Gasteiger partial charge in [-0.2, -0.15) is 0 Å². The third-order valence-electron chi connectivity index (χ3n) is 6.05. The van der Waals surface area contributed by atoms with Crippen LogP contribution in [-0.2, 0) is 6.42 Å². The van der Waals surface area contributed by atoms with Gasteiger partial charge in [-0.1, -0.05) is 41.9 Å². The summed E-state index contributed by atoms with van der Waals surface area (Å²) < 4.78 is 11.1. The average Bonchev–Trinajstić information content (AvgIpc) is 3.18. The van der Waals surface area contributed by atoms with Crippen LogP contribution in [0.15, 0.2) is 66.7 Å². The zero-order valence-electron chi connectivity index (χ0n) is 17.9. The molecule has 0 spiro atoms. The number of rotatable bonds is 3. The third kappa shape index (κ3) is 3.59. The number of ether oxygens (including phenoxy) is 2. The number of nitrogens with zero attached hydrogens (tertiary/aromatic N) is 1. The summed E-state index contributed by atoms with van der Waals surface area (Å²) in [6.07, 6.45) is 0.341. The summed E-state index contributed by atoms with van der Waals surface area (Å²) in [6.45, 7) is 2.47. The Balaban J connectivity index is 1.59. The lowest BCUT2D eigenvalue weighted by molar-refractivity contribution is 0.135. The number of hydrogen-bond donors (Lipinski definition) is 1. The van der Waals surface area contributed by atoms with Crippen molar-refractivity contribution in [2.45, 2.75) is 19.4 Å². The van der Waals surface area contributed by atoms with Crippen LogP contribution >= 0.6 is 11.6 Å². The van der Waals surface area contributed by atoms with Crippen LogP contribution in [0.5, 0.6) is 11.5 Å². The van der Waals surface area contributed by atoms with E-state index in [-0.39, 0.29) is 12.1 Å². The van der Waals surface area contributed by atoms with Crippen LogP contribution < -0.4 is 9.47 Å². The van der Waals surface area contributed by atoms with E-state index in [2.05, 4.69) is 4.98 Å². The number of methoxy groups -OCH3 is 1. The Hall–Kier alpha value is -3.44. The smallest absolute Gasteiger partial charge is 0.416 e. The van der Waals surface area contributed by atoms with Gasteiger partial charge in [0.25, 0.3) is 0 Å². The molecule has 2 heterocycles. The van der Waals surface area contributed by atoms with Crippen molar-refractivity contribution in [2.24, 2.45) is 0 Å². The summed E-state index contributed by atoms with van der Waals surface area (Å²) in [5, 5.41) is 1.79. The average molecular weight is 447 g/mol. The number of benzene rings is 3. The molecule has 5 nitrogen and oxygen atoms in total. The van der Waals surface area contributed by atoms with Crippen molar-refractivity contribution in [3.8, 4) is 11.5 Å². The van der Waals surface area contributed by atoms with Crippen LogP contribution in [0.3, 0.4) is 0 Å². The number of aromatic amines is 1. The van der Waals surface area contributed by atoms with E-state index in [4.69, 9.17) is 21.1 Å². The molecule has 0 aliphatic carbocycles. The summed E-state index contributed by atoms with van der Waals surface area (Å²) in [7, 11) is 1.64. The van der Waals surface area contributed by atoms with Crippen molar-refractivity contribution in [1.82, 2.24) is 9.88 Å².